The predicted molar refractivity (Wildman–Crippen MR) is 51.7 cm³/mol. The summed E-state index contributed by atoms with van der Waals surface area (Å²) in [6.45, 7) is 4.53. The van der Waals surface area contributed by atoms with E-state index in [1.165, 1.54) is 26.9 Å². The molecule has 2 aliphatic rings. The Labute approximate surface area is 80.6 Å². The highest BCUT2D eigenvalue weighted by Crippen LogP contribution is 2.39. The highest BCUT2D eigenvalue weighted by molar-refractivity contribution is 6.20. The van der Waals surface area contributed by atoms with Gasteiger partial charge in [0.25, 0.3) is 0 Å². The Morgan fingerprint density at radius 2 is 2.38 bits per heavy atom. The molecule has 0 spiro atoms. The number of rotatable bonds is 2. The van der Waals surface area contributed by atoms with E-state index in [4.69, 9.17) is 9.31 Å². The molecule has 0 N–H and O–H groups in total. The maximum atomic E-state index is 5.42. The maximum absolute atomic E-state index is 5.42. The average molecular weight is 179 g/mol. The molecule has 0 aromatic carbocycles. The Bertz CT molecular complexity index is 225. The molecule has 0 amide bonds. The fraction of sp³-hybridized carbons (Fsp3) is 0.800. The molecule has 2 unspecified atom stereocenters. The Kier molecular flexibility index (Phi) is 2.52. The van der Waals surface area contributed by atoms with E-state index in [-0.39, 0.29) is 0 Å². The first-order valence-electron chi connectivity index (χ1n) is 5.21. The molecule has 0 bridgehead atoms. The summed E-state index contributed by atoms with van der Waals surface area (Å²) in [5.41, 5.74) is 0. The van der Waals surface area contributed by atoms with Crippen LogP contribution in [-0.4, -0.2) is 7.69 Å². The van der Waals surface area contributed by atoms with E-state index in [1.807, 2.05) is 0 Å². The van der Waals surface area contributed by atoms with Crippen molar-refractivity contribution in [1.82, 2.24) is 0 Å². The van der Waals surface area contributed by atoms with E-state index in [2.05, 4.69) is 13.8 Å². The van der Waals surface area contributed by atoms with E-state index in [0.717, 1.165) is 17.9 Å². The summed E-state index contributed by atoms with van der Waals surface area (Å²) in [6.07, 6.45) is 4.76. The van der Waals surface area contributed by atoms with Crippen LogP contribution in [0.15, 0.2) is 11.5 Å². The smallest absolute Gasteiger partial charge is 0.527 e. The van der Waals surface area contributed by atoms with Crippen molar-refractivity contribution in [2.24, 2.45) is 11.8 Å². The van der Waals surface area contributed by atoms with Crippen LogP contribution in [0.2, 0.25) is 0 Å². The zero-order chi connectivity index (χ0) is 9.26. The molecule has 1 aliphatic heterocycles. The SMILES string of the molecule is CCC(C)C1CCCC2=C1O[B]O2. The van der Waals surface area contributed by atoms with Crippen molar-refractivity contribution in [3.05, 3.63) is 11.5 Å². The topological polar surface area (TPSA) is 18.5 Å². The third kappa shape index (κ3) is 1.56. The molecule has 0 saturated heterocycles. The van der Waals surface area contributed by atoms with Crippen LogP contribution in [0.25, 0.3) is 0 Å². The summed E-state index contributed by atoms with van der Waals surface area (Å²) >= 11 is 0. The standard InChI is InChI=1S/C10H16BO2/c1-3-7(2)8-5-4-6-9-10(8)13-11-12-9/h7-8H,3-6H2,1-2H3. The van der Waals surface area contributed by atoms with E-state index < -0.39 is 0 Å². The molecule has 1 radical (unpaired) electrons. The quantitative estimate of drug-likeness (QED) is 0.606. The first kappa shape index (κ1) is 8.98. The van der Waals surface area contributed by atoms with Gasteiger partial charge >= 0.3 is 7.69 Å². The molecule has 0 aromatic rings. The second kappa shape index (κ2) is 3.65. The predicted octanol–water partition coefficient (Wildman–Crippen LogP) is 2.63. The molecule has 0 fully saturated rings. The van der Waals surface area contributed by atoms with Crippen molar-refractivity contribution in [1.29, 1.82) is 0 Å². The minimum atomic E-state index is 0.590. The van der Waals surface area contributed by atoms with Crippen LogP contribution >= 0.6 is 0 Å². The number of allylic oxidation sites excluding steroid dienone is 2. The Hall–Kier alpha value is -0.595. The zero-order valence-electron chi connectivity index (χ0n) is 8.38. The van der Waals surface area contributed by atoms with Crippen LogP contribution in [0.1, 0.15) is 39.5 Å². The molecule has 0 saturated carbocycles. The van der Waals surface area contributed by atoms with Gasteiger partial charge in [-0.1, -0.05) is 20.3 Å². The highest BCUT2D eigenvalue weighted by Gasteiger charge is 2.33. The van der Waals surface area contributed by atoms with Crippen LogP contribution in [-0.2, 0) is 9.31 Å². The lowest BCUT2D eigenvalue weighted by molar-refractivity contribution is 0.260. The van der Waals surface area contributed by atoms with Crippen LogP contribution in [0, 0.1) is 11.8 Å². The monoisotopic (exact) mass is 179 g/mol. The number of hydrogen-bond donors (Lipinski definition) is 0. The van der Waals surface area contributed by atoms with Gasteiger partial charge in [-0.3, -0.25) is 0 Å². The average Bonchev–Trinajstić information content (AvgIpc) is 2.63. The van der Waals surface area contributed by atoms with E-state index in [9.17, 15) is 0 Å². The molecule has 2 rings (SSSR count). The van der Waals surface area contributed by atoms with Crippen LogP contribution < -0.4 is 0 Å². The van der Waals surface area contributed by atoms with Crippen molar-refractivity contribution < 1.29 is 9.31 Å². The first-order chi connectivity index (χ1) is 6.33. The van der Waals surface area contributed by atoms with Gasteiger partial charge in [0.2, 0.25) is 0 Å². The summed E-state index contributed by atoms with van der Waals surface area (Å²) < 4.78 is 10.7. The van der Waals surface area contributed by atoms with Gasteiger partial charge in [0.05, 0.1) is 0 Å². The molecule has 71 valence electrons. The van der Waals surface area contributed by atoms with Crippen molar-refractivity contribution in [2.75, 3.05) is 0 Å². The van der Waals surface area contributed by atoms with Gasteiger partial charge in [-0.2, -0.15) is 0 Å². The van der Waals surface area contributed by atoms with Crippen LogP contribution in [0.3, 0.4) is 0 Å². The van der Waals surface area contributed by atoms with Crippen molar-refractivity contribution in [2.45, 2.75) is 39.5 Å². The minimum absolute atomic E-state index is 0.590. The highest BCUT2D eigenvalue weighted by atomic mass is 16.6. The second-order valence-corrected chi connectivity index (χ2v) is 4.00. The van der Waals surface area contributed by atoms with Crippen molar-refractivity contribution in [3.8, 4) is 0 Å². The lowest BCUT2D eigenvalue weighted by atomic mass is 9.82. The summed E-state index contributed by atoms with van der Waals surface area (Å²) in [7, 11) is 1.48. The van der Waals surface area contributed by atoms with Gasteiger partial charge in [-0.05, 0) is 18.8 Å². The third-order valence-electron chi connectivity index (χ3n) is 3.23. The lowest BCUT2D eigenvalue weighted by Crippen LogP contribution is -2.18. The van der Waals surface area contributed by atoms with Gasteiger partial charge in [0.1, 0.15) is 11.5 Å². The molecule has 3 heteroatoms. The second-order valence-electron chi connectivity index (χ2n) is 4.00. The minimum Gasteiger partial charge on any atom is -0.527 e. The number of hydrogen-bond acceptors (Lipinski definition) is 2. The van der Waals surface area contributed by atoms with Crippen LogP contribution in [0.4, 0.5) is 0 Å². The Morgan fingerprint density at radius 3 is 3.15 bits per heavy atom. The van der Waals surface area contributed by atoms with E-state index in [0.29, 0.717) is 11.8 Å². The van der Waals surface area contributed by atoms with E-state index >= 15 is 0 Å². The van der Waals surface area contributed by atoms with Crippen LogP contribution in [0.5, 0.6) is 0 Å². The van der Waals surface area contributed by atoms with Crippen molar-refractivity contribution in [3.63, 3.8) is 0 Å². The molecule has 1 heterocycles. The molecule has 0 aromatic heterocycles. The van der Waals surface area contributed by atoms with Gasteiger partial charge in [-0.25, -0.2) is 0 Å². The van der Waals surface area contributed by atoms with Gasteiger partial charge < -0.3 is 9.31 Å². The van der Waals surface area contributed by atoms with Crippen molar-refractivity contribution >= 4 is 7.69 Å². The van der Waals surface area contributed by atoms with Gasteiger partial charge in [0, 0.05) is 12.3 Å². The maximum Gasteiger partial charge on any atom is 0.657 e. The molecule has 13 heavy (non-hydrogen) atoms. The summed E-state index contributed by atoms with van der Waals surface area (Å²) in [4.78, 5) is 0. The molecular formula is C10H16BO2. The fourth-order valence-electron chi connectivity index (χ4n) is 2.18. The van der Waals surface area contributed by atoms with Gasteiger partial charge in [0.15, 0.2) is 0 Å². The Balaban J connectivity index is 2.14. The molecule has 2 atom stereocenters. The molecule has 1 aliphatic carbocycles. The normalized spacial score (nSPS) is 28.6. The first-order valence-corrected chi connectivity index (χ1v) is 5.21. The summed E-state index contributed by atoms with van der Waals surface area (Å²) in [5.74, 6) is 3.49. The van der Waals surface area contributed by atoms with E-state index in [1.54, 1.807) is 0 Å². The fourth-order valence-corrected chi connectivity index (χ4v) is 2.18. The zero-order valence-corrected chi connectivity index (χ0v) is 8.38. The summed E-state index contributed by atoms with van der Waals surface area (Å²) in [5, 5.41) is 0. The Morgan fingerprint density at radius 1 is 1.54 bits per heavy atom. The third-order valence-corrected chi connectivity index (χ3v) is 3.23. The molecule has 2 nitrogen and oxygen atoms in total. The molecular weight excluding hydrogens is 163 g/mol. The lowest BCUT2D eigenvalue weighted by Gasteiger charge is -2.27. The van der Waals surface area contributed by atoms with Gasteiger partial charge in [-0.15, -0.1) is 0 Å². The summed E-state index contributed by atoms with van der Waals surface area (Å²) in [6, 6.07) is 0. The largest absolute Gasteiger partial charge is 0.657 e.